The number of rotatable bonds is 4. The number of halogens is 1. The monoisotopic (exact) mass is 457 g/mol. The Balaban J connectivity index is 1.40. The molecule has 6 nitrogen and oxygen atoms in total. The van der Waals surface area contributed by atoms with Crippen LogP contribution in [0.5, 0.6) is 0 Å². The first kappa shape index (κ1) is 21.7. The molecule has 0 spiro atoms. The van der Waals surface area contributed by atoms with E-state index in [1.807, 2.05) is 42.2 Å². The van der Waals surface area contributed by atoms with Crippen LogP contribution in [0.4, 0.5) is 15.8 Å². The van der Waals surface area contributed by atoms with E-state index in [4.69, 9.17) is 4.42 Å². The maximum Gasteiger partial charge on any atom is 0.291 e. The van der Waals surface area contributed by atoms with Crippen LogP contribution < -0.4 is 10.2 Å². The van der Waals surface area contributed by atoms with Crippen LogP contribution in [-0.4, -0.2) is 42.9 Å². The van der Waals surface area contributed by atoms with Gasteiger partial charge < -0.3 is 19.5 Å². The number of benzene rings is 3. The Morgan fingerprint density at radius 2 is 1.56 bits per heavy atom. The number of piperazine rings is 1. The molecule has 0 saturated carbocycles. The highest BCUT2D eigenvalue weighted by molar-refractivity contribution is 6.14. The van der Waals surface area contributed by atoms with Crippen molar-refractivity contribution >= 4 is 34.2 Å². The fourth-order valence-electron chi connectivity index (χ4n) is 4.33. The predicted octanol–water partition coefficient (Wildman–Crippen LogP) is 5.10. The van der Waals surface area contributed by atoms with E-state index in [1.54, 1.807) is 41.3 Å². The Bertz CT molecular complexity index is 1370. The van der Waals surface area contributed by atoms with Gasteiger partial charge in [-0.05, 0) is 42.8 Å². The number of para-hydroxylation sites is 2. The minimum atomic E-state index is -0.303. The normalized spacial score (nSPS) is 13.8. The largest absolute Gasteiger partial charge is 0.449 e. The molecule has 1 aliphatic heterocycles. The summed E-state index contributed by atoms with van der Waals surface area (Å²) in [5.74, 6) is -0.782. The van der Waals surface area contributed by atoms with Gasteiger partial charge in [0.1, 0.15) is 17.1 Å². The average Bonchev–Trinajstić information content (AvgIpc) is 3.22. The molecule has 1 fully saturated rings. The lowest BCUT2D eigenvalue weighted by Gasteiger charge is -2.35. The highest BCUT2D eigenvalue weighted by Gasteiger charge is 2.29. The first-order chi connectivity index (χ1) is 16.5. The standard InChI is InChI=1S/C27H24FN3O3/c1-18-8-2-3-9-19(18)26(32)29-24-20-10-4-7-13-23(20)34-25(24)27(33)31-16-14-30(15-17-31)22-12-6-5-11-21(22)28/h2-13H,14-17H2,1H3,(H,29,32). The second-order valence-corrected chi connectivity index (χ2v) is 8.30. The zero-order valence-corrected chi connectivity index (χ0v) is 18.8. The maximum absolute atomic E-state index is 14.2. The summed E-state index contributed by atoms with van der Waals surface area (Å²) in [5, 5.41) is 3.58. The van der Waals surface area contributed by atoms with Gasteiger partial charge in [-0.1, -0.05) is 42.5 Å². The summed E-state index contributed by atoms with van der Waals surface area (Å²) in [6.45, 7) is 3.68. The van der Waals surface area contributed by atoms with Crippen LogP contribution in [-0.2, 0) is 0 Å². The van der Waals surface area contributed by atoms with Crippen LogP contribution >= 0.6 is 0 Å². The van der Waals surface area contributed by atoms with E-state index in [0.717, 1.165) is 5.56 Å². The second kappa shape index (κ2) is 9.02. The molecular formula is C27H24FN3O3. The van der Waals surface area contributed by atoms with E-state index in [9.17, 15) is 14.0 Å². The predicted molar refractivity (Wildman–Crippen MR) is 130 cm³/mol. The van der Waals surface area contributed by atoms with Crippen molar-refractivity contribution in [3.8, 4) is 0 Å². The number of aryl methyl sites for hydroxylation is 1. The fourth-order valence-corrected chi connectivity index (χ4v) is 4.33. The Hall–Kier alpha value is -4.13. The lowest BCUT2D eigenvalue weighted by atomic mass is 10.1. The molecule has 1 N–H and O–H groups in total. The van der Waals surface area contributed by atoms with Gasteiger partial charge in [-0.15, -0.1) is 0 Å². The minimum Gasteiger partial charge on any atom is -0.449 e. The summed E-state index contributed by atoms with van der Waals surface area (Å²) in [6, 6.07) is 21.2. The van der Waals surface area contributed by atoms with Gasteiger partial charge >= 0.3 is 0 Å². The average molecular weight is 458 g/mol. The van der Waals surface area contributed by atoms with E-state index >= 15 is 0 Å². The van der Waals surface area contributed by atoms with Gasteiger partial charge in [0.05, 0.1) is 5.69 Å². The molecule has 3 aromatic carbocycles. The molecule has 0 radical (unpaired) electrons. The highest BCUT2D eigenvalue weighted by Crippen LogP contribution is 2.33. The molecular weight excluding hydrogens is 433 g/mol. The Kier molecular flexibility index (Phi) is 5.76. The zero-order chi connectivity index (χ0) is 23.7. The maximum atomic E-state index is 14.2. The highest BCUT2D eigenvalue weighted by atomic mass is 19.1. The molecule has 34 heavy (non-hydrogen) atoms. The molecule has 7 heteroatoms. The van der Waals surface area contributed by atoms with E-state index in [-0.39, 0.29) is 23.4 Å². The number of amides is 2. The molecule has 4 aromatic rings. The van der Waals surface area contributed by atoms with Crippen LogP contribution in [0.25, 0.3) is 11.0 Å². The minimum absolute atomic E-state index is 0.0995. The molecule has 0 atom stereocenters. The number of nitrogens with zero attached hydrogens (tertiary/aromatic N) is 2. The summed E-state index contributed by atoms with van der Waals surface area (Å²) < 4.78 is 20.1. The fraction of sp³-hybridized carbons (Fsp3) is 0.185. The third-order valence-electron chi connectivity index (χ3n) is 6.18. The van der Waals surface area contributed by atoms with Crippen molar-refractivity contribution in [1.82, 2.24) is 4.90 Å². The number of anilines is 2. The van der Waals surface area contributed by atoms with Gasteiger partial charge in [-0.25, -0.2) is 4.39 Å². The zero-order valence-electron chi connectivity index (χ0n) is 18.8. The SMILES string of the molecule is Cc1ccccc1C(=O)Nc1c(C(=O)N2CCN(c3ccccc3F)CC2)oc2ccccc12. The van der Waals surface area contributed by atoms with Crippen LogP contribution in [0.2, 0.25) is 0 Å². The summed E-state index contributed by atoms with van der Waals surface area (Å²) in [6.07, 6.45) is 0. The molecule has 1 aliphatic rings. The van der Waals surface area contributed by atoms with Crippen molar-refractivity contribution in [2.45, 2.75) is 6.92 Å². The Morgan fingerprint density at radius 1 is 0.882 bits per heavy atom. The molecule has 2 amide bonds. The van der Waals surface area contributed by atoms with Crippen LogP contribution in [0.1, 0.15) is 26.5 Å². The number of hydrogen-bond acceptors (Lipinski definition) is 4. The summed E-state index contributed by atoms with van der Waals surface area (Å²) in [4.78, 5) is 30.1. The van der Waals surface area contributed by atoms with Gasteiger partial charge in [0.25, 0.3) is 11.8 Å². The summed E-state index contributed by atoms with van der Waals surface area (Å²) >= 11 is 0. The topological polar surface area (TPSA) is 65.8 Å². The van der Waals surface area contributed by atoms with Gasteiger partial charge in [0.15, 0.2) is 0 Å². The first-order valence-electron chi connectivity index (χ1n) is 11.2. The molecule has 0 aliphatic carbocycles. The van der Waals surface area contributed by atoms with Crippen molar-refractivity contribution in [3.63, 3.8) is 0 Å². The van der Waals surface area contributed by atoms with E-state index < -0.39 is 0 Å². The molecule has 1 saturated heterocycles. The molecule has 2 heterocycles. The number of carbonyl (C=O) groups excluding carboxylic acids is 2. The number of carbonyl (C=O) groups is 2. The number of furan rings is 1. The van der Waals surface area contributed by atoms with E-state index in [1.165, 1.54) is 6.07 Å². The molecule has 1 aromatic heterocycles. The van der Waals surface area contributed by atoms with Crippen molar-refractivity contribution in [2.24, 2.45) is 0 Å². The third-order valence-corrected chi connectivity index (χ3v) is 6.18. The number of fused-ring (bicyclic) bond motifs is 1. The van der Waals surface area contributed by atoms with Crippen LogP contribution in [0.15, 0.2) is 77.2 Å². The second-order valence-electron chi connectivity index (χ2n) is 8.30. The molecule has 5 rings (SSSR count). The molecule has 0 unspecified atom stereocenters. The van der Waals surface area contributed by atoms with Crippen LogP contribution in [0, 0.1) is 12.7 Å². The van der Waals surface area contributed by atoms with Gasteiger partial charge in [0, 0.05) is 37.1 Å². The Morgan fingerprint density at radius 3 is 2.32 bits per heavy atom. The van der Waals surface area contributed by atoms with Crippen molar-refractivity contribution in [2.75, 3.05) is 36.4 Å². The lowest BCUT2D eigenvalue weighted by molar-refractivity contribution is 0.0718. The number of nitrogens with one attached hydrogen (secondary N) is 1. The summed E-state index contributed by atoms with van der Waals surface area (Å²) in [5.41, 5.74) is 2.79. The van der Waals surface area contributed by atoms with Gasteiger partial charge in [-0.2, -0.15) is 0 Å². The lowest BCUT2D eigenvalue weighted by Crippen LogP contribution is -2.49. The summed E-state index contributed by atoms with van der Waals surface area (Å²) in [7, 11) is 0. The van der Waals surface area contributed by atoms with Crippen molar-refractivity contribution < 1.29 is 18.4 Å². The Labute approximate surface area is 196 Å². The van der Waals surface area contributed by atoms with Crippen LogP contribution in [0.3, 0.4) is 0 Å². The van der Waals surface area contributed by atoms with Crippen molar-refractivity contribution in [1.29, 1.82) is 0 Å². The van der Waals surface area contributed by atoms with E-state index in [0.29, 0.717) is 54.1 Å². The first-order valence-corrected chi connectivity index (χ1v) is 11.2. The van der Waals surface area contributed by atoms with Gasteiger partial charge in [0.2, 0.25) is 5.76 Å². The molecule has 0 bridgehead atoms. The third kappa shape index (κ3) is 4.01. The van der Waals surface area contributed by atoms with E-state index in [2.05, 4.69) is 5.32 Å². The number of hydrogen-bond donors (Lipinski definition) is 1. The quantitative estimate of drug-likeness (QED) is 0.463. The smallest absolute Gasteiger partial charge is 0.291 e. The van der Waals surface area contributed by atoms with Crippen molar-refractivity contribution in [3.05, 3.63) is 95.5 Å². The van der Waals surface area contributed by atoms with Gasteiger partial charge in [-0.3, -0.25) is 9.59 Å². The molecule has 172 valence electrons.